The Morgan fingerprint density at radius 1 is 1.09 bits per heavy atom. The number of ketones is 2. The highest BCUT2D eigenvalue weighted by Gasteiger charge is 2.35. The maximum atomic E-state index is 12.6. The van der Waals surface area contributed by atoms with Crippen LogP contribution in [0.5, 0.6) is 0 Å². The monoisotopic (exact) mass is 318 g/mol. The van der Waals surface area contributed by atoms with E-state index < -0.39 is 11.9 Å². The van der Waals surface area contributed by atoms with E-state index in [1.807, 2.05) is 0 Å². The summed E-state index contributed by atoms with van der Waals surface area (Å²) < 4.78 is 0. The first-order chi connectivity index (χ1) is 10.5. The van der Waals surface area contributed by atoms with Crippen molar-refractivity contribution in [2.75, 3.05) is 13.1 Å². The summed E-state index contributed by atoms with van der Waals surface area (Å²) in [5, 5.41) is 10.8. The molecule has 0 atom stereocenters. The Labute approximate surface area is 132 Å². The molecular formula is C16H13ClNO4-. The van der Waals surface area contributed by atoms with E-state index in [1.54, 1.807) is 29.2 Å². The number of Topliss-reactive ketones (excluding diaryl/α,β-unsaturated/α-hetero) is 2. The number of halogens is 1. The molecule has 0 saturated carbocycles. The van der Waals surface area contributed by atoms with Crippen LogP contribution in [0.4, 0.5) is 0 Å². The van der Waals surface area contributed by atoms with E-state index in [-0.39, 0.29) is 22.3 Å². The summed E-state index contributed by atoms with van der Waals surface area (Å²) in [6.07, 6.45) is 0.748. The van der Waals surface area contributed by atoms with Crippen LogP contribution < -0.4 is 5.11 Å². The smallest absolute Gasteiger partial charge is 0.211 e. The Hall–Kier alpha value is -2.14. The number of hydrogen-bond donors (Lipinski definition) is 0. The Balaban J connectivity index is 1.92. The Kier molecular flexibility index (Phi) is 3.74. The number of fused-ring (bicyclic) bond motifs is 1. The number of hydrogen-bond acceptors (Lipinski definition) is 5. The summed E-state index contributed by atoms with van der Waals surface area (Å²) in [4.78, 5) is 37.5. The number of nitrogens with zero attached hydrogens (tertiary/aromatic N) is 1. The molecule has 1 aliphatic heterocycles. The fourth-order valence-electron chi connectivity index (χ4n) is 2.95. The number of rotatable bonds is 2. The summed E-state index contributed by atoms with van der Waals surface area (Å²) in [5.74, 6) is -2.24. The molecule has 0 spiro atoms. The second-order valence-corrected chi connectivity index (χ2v) is 5.82. The van der Waals surface area contributed by atoms with Crippen molar-refractivity contribution in [1.82, 2.24) is 4.90 Å². The van der Waals surface area contributed by atoms with Crippen molar-refractivity contribution in [3.63, 3.8) is 0 Å². The third kappa shape index (κ3) is 2.31. The minimum atomic E-state index is -1.07. The van der Waals surface area contributed by atoms with Gasteiger partial charge in [-0.3, -0.25) is 9.59 Å². The van der Waals surface area contributed by atoms with Crippen LogP contribution in [-0.4, -0.2) is 35.5 Å². The third-order valence-corrected chi connectivity index (χ3v) is 4.53. The quantitative estimate of drug-likeness (QED) is 0.812. The molecule has 6 heteroatoms. The first-order valence-corrected chi connectivity index (χ1v) is 7.42. The molecule has 1 aliphatic carbocycles. The van der Waals surface area contributed by atoms with Gasteiger partial charge < -0.3 is 14.8 Å². The fraction of sp³-hybridized carbons (Fsp3) is 0.312. The highest BCUT2D eigenvalue weighted by atomic mass is 35.5. The van der Waals surface area contributed by atoms with Crippen molar-refractivity contribution < 1.29 is 19.5 Å². The summed E-state index contributed by atoms with van der Waals surface area (Å²) in [7, 11) is 0. The van der Waals surface area contributed by atoms with E-state index in [2.05, 4.69) is 0 Å². The molecule has 1 aromatic rings. The number of benzene rings is 1. The Morgan fingerprint density at radius 3 is 2.18 bits per heavy atom. The van der Waals surface area contributed by atoms with Gasteiger partial charge in [-0.1, -0.05) is 35.9 Å². The minimum Gasteiger partial charge on any atom is -0.550 e. The molecule has 0 N–H and O–H groups in total. The average Bonchev–Trinajstić information content (AvgIpc) is 2.53. The molecule has 0 aromatic heterocycles. The number of aliphatic carboxylic acids is 1. The molecular weight excluding hydrogens is 306 g/mol. The standard InChI is InChI=1S/C16H14ClNO4/c17-12-13(18-7-5-9(6-8-18)16(21)22)15(20)11-4-2-1-3-10(11)14(12)19/h1-4,9H,5-8H2,(H,21,22)/p-1. The topological polar surface area (TPSA) is 77.5 Å². The number of carboxylic acid groups (broad SMARTS) is 1. The van der Waals surface area contributed by atoms with Crippen LogP contribution >= 0.6 is 11.6 Å². The van der Waals surface area contributed by atoms with E-state index in [1.165, 1.54) is 0 Å². The number of allylic oxidation sites excluding steroid dienone is 2. The van der Waals surface area contributed by atoms with Gasteiger partial charge in [0.1, 0.15) is 10.7 Å². The molecule has 3 rings (SSSR count). The SMILES string of the molecule is O=C1C(Cl)=C(N2CCC(C(=O)[O-])CC2)C(=O)c2ccccc21. The lowest BCUT2D eigenvalue weighted by atomic mass is 9.90. The van der Waals surface area contributed by atoms with E-state index in [9.17, 15) is 19.5 Å². The number of likely N-dealkylation sites (tertiary alicyclic amines) is 1. The second kappa shape index (κ2) is 5.57. The molecule has 0 bridgehead atoms. The van der Waals surface area contributed by atoms with Gasteiger partial charge in [-0.2, -0.15) is 0 Å². The van der Waals surface area contributed by atoms with E-state index in [4.69, 9.17) is 11.6 Å². The van der Waals surface area contributed by atoms with Gasteiger partial charge in [-0.25, -0.2) is 0 Å². The first-order valence-electron chi connectivity index (χ1n) is 7.04. The first kappa shape index (κ1) is 14.8. The number of carbonyl (C=O) groups is 3. The average molecular weight is 319 g/mol. The Bertz CT molecular complexity index is 702. The van der Waals surface area contributed by atoms with Gasteiger partial charge in [0.25, 0.3) is 0 Å². The molecule has 114 valence electrons. The molecule has 1 heterocycles. The molecule has 1 saturated heterocycles. The van der Waals surface area contributed by atoms with Crippen molar-refractivity contribution in [3.05, 3.63) is 46.1 Å². The number of piperidine rings is 1. The summed E-state index contributed by atoms with van der Waals surface area (Å²) >= 11 is 6.13. The van der Waals surface area contributed by atoms with Gasteiger partial charge in [-0.15, -0.1) is 0 Å². The highest BCUT2D eigenvalue weighted by Crippen LogP contribution is 2.32. The predicted molar refractivity (Wildman–Crippen MR) is 77.3 cm³/mol. The van der Waals surface area contributed by atoms with Crippen LogP contribution in [0.2, 0.25) is 0 Å². The Morgan fingerprint density at radius 2 is 1.64 bits per heavy atom. The zero-order chi connectivity index (χ0) is 15.9. The van der Waals surface area contributed by atoms with Crippen LogP contribution in [0, 0.1) is 5.92 Å². The van der Waals surface area contributed by atoms with Crippen LogP contribution in [0.25, 0.3) is 0 Å². The maximum Gasteiger partial charge on any atom is 0.211 e. The second-order valence-electron chi connectivity index (χ2n) is 5.45. The largest absolute Gasteiger partial charge is 0.550 e. The van der Waals surface area contributed by atoms with Gasteiger partial charge in [-0.05, 0) is 12.8 Å². The van der Waals surface area contributed by atoms with Gasteiger partial charge in [0, 0.05) is 36.1 Å². The van der Waals surface area contributed by atoms with Crippen molar-refractivity contribution >= 4 is 29.1 Å². The zero-order valence-electron chi connectivity index (χ0n) is 11.7. The third-order valence-electron chi connectivity index (χ3n) is 4.18. The lowest BCUT2D eigenvalue weighted by molar-refractivity contribution is -0.312. The normalized spacial score (nSPS) is 19.4. The molecule has 1 aromatic carbocycles. The zero-order valence-corrected chi connectivity index (χ0v) is 12.4. The van der Waals surface area contributed by atoms with Crippen LogP contribution in [-0.2, 0) is 4.79 Å². The molecule has 0 unspecified atom stereocenters. The van der Waals surface area contributed by atoms with Gasteiger partial charge in [0.05, 0.1) is 0 Å². The summed E-state index contributed by atoms with van der Waals surface area (Å²) in [6.45, 7) is 0.733. The lowest BCUT2D eigenvalue weighted by Crippen LogP contribution is -2.43. The summed E-state index contributed by atoms with van der Waals surface area (Å²) in [6, 6.07) is 6.57. The predicted octanol–water partition coefficient (Wildman–Crippen LogP) is 0.978. The lowest BCUT2D eigenvalue weighted by Gasteiger charge is -2.36. The number of carbonyl (C=O) groups excluding carboxylic acids is 3. The molecule has 22 heavy (non-hydrogen) atoms. The van der Waals surface area contributed by atoms with E-state index in [0.717, 1.165) is 0 Å². The minimum absolute atomic E-state index is 0.0874. The van der Waals surface area contributed by atoms with Gasteiger partial charge in [0.2, 0.25) is 11.6 Å². The number of carboxylic acids is 1. The molecule has 1 fully saturated rings. The van der Waals surface area contributed by atoms with Crippen molar-refractivity contribution in [1.29, 1.82) is 0 Å². The van der Waals surface area contributed by atoms with Crippen LogP contribution in [0.1, 0.15) is 33.6 Å². The molecule has 2 aliphatic rings. The van der Waals surface area contributed by atoms with E-state index >= 15 is 0 Å². The maximum absolute atomic E-state index is 12.6. The van der Waals surface area contributed by atoms with Gasteiger partial charge >= 0.3 is 0 Å². The van der Waals surface area contributed by atoms with Crippen molar-refractivity contribution in [2.24, 2.45) is 5.92 Å². The van der Waals surface area contributed by atoms with Crippen LogP contribution in [0.3, 0.4) is 0 Å². The molecule has 5 nitrogen and oxygen atoms in total. The summed E-state index contributed by atoms with van der Waals surface area (Å²) in [5.41, 5.74) is 0.835. The van der Waals surface area contributed by atoms with Crippen molar-refractivity contribution in [2.45, 2.75) is 12.8 Å². The molecule has 0 radical (unpaired) electrons. The van der Waals surface area contributed by atoms with Crippen molar-refractivity contribution in [3.8, 4) is 0 Å². The van der Waals surface area contributed by atoms with Gasteiger partial charge in [0.15, 0.2) is 0 Å². The van der Waals surface area contributed by atoms with Crippen LogP contribution in [0.15, 0.2) is 35.0 Å². The fourth-order valence-corrected chi connectivity index (χ4v) is 3.26. The van der Waals surface area contributed by atoms with E-state index in [0.29, 0.717) is 37.1 Å². The highest BCUT2D eigenvalue weighted by molar-refractivity contribution is 6.49. The molecule has 0 amide bonds.